The Labute approximate surface area is 174 Å². The first-order valence-electron chi connectivity index (χ1n) is 9.87. The molecular weight excluding hydrogens is 380 g/mol. The van der Waals surface area contributed by atoms with Gasteiger partial charge in [-0.15, -0.1) is 5.10 Å². The van der Waals surface area contributed by atoms with Crippen LogP contribution in [0.3, 0.4) is 0 Å². The fourth-order valence-corrected chi connectivity index (χ4v) is 3.49. The molecule has 0 bridgehead atoms. The summed E-state index contributed by atoms with van der Waals surface area (Å²) in [6.45, 7) is 3.82. The topological polar surface area (TPSA) is 96.2 Å². The lowest BCUT2D eigenvalue weighted by Crippen LogP contribution is -2.24. The fourth-order valence-electron chi connectivity index (χ4n) is 3.49. The number of anilines is 1. The lowest BCUT2D eigenvalue weighted by atomic mass is 9.96. The largest absolute Gasteiger partial charge is 0.386 e. The van der Waals surface area contributed by atoms with Crippen molar-refractivity contribution < 1.29 is 14.7 Å². The molecule has 3 N–H and O–H groups in total. The van der Waals surface area contributed by atoms with E-state index in [0.717, 1.165) is 22.5 Å². The summed E-state index contributed by atoms with van der Waals surface area (Å²) >= 11 is 0. The van der Waals surface area contributed by atoms with Crippen molar-refractivity contribution in [2.45, 2.75) is 25.9 Å². The van der Waals surface area contributed by atoms with Gasteiger partial charge in [0, 0.05) is 24.6 Å². The van der Waals surface area contributed by atoms with Crippen LogP contribution in [0.25, 0.3) is 16.9 Å². The van der Waals surface area contributed by atoms with E-state index in [1.807, 2.05) is 54.6 Å². The Morgan fingerprint density at radius 1 is 1.17 bits per heavy atom. The minimum absolute atomic E-state index is 0.117. The molecule has 2 amide bonds. The molecule has 4 rings (SSSR count). The number of benzene rings is 2. The number of hydrogen-bond acceptors (Lipinski definition) is 4. The zero-order chi connectivity index (χ0) is 21.3. The van der Waals surface area contributed by atoms with E-state index in [9.17, 15) is 14.7 Å². The van der Waals surface area contributed by atoms with Crippen molar-refractivity contribution >= 4 is 17.6 Å². The molecule has 1 aliphatic heterocycles. The van der Waals surface area contributed by atoms with Crippen LogP contribution in [0.15, 0.2) is 60.7 Å². The Morgan fingerprint density at radius 2 is 1.93 bits per heavy atom. The molecule has 1 aromatic heterocycles. The number of aromatic nitrogens is 2. The molecule has 0 radical (unpaired) electrons. The summed E-state index contributed by atoms with van der Waals surface area (Å²) in [5.74, 6) is -0.342. The molecule has 154 valence electrons. The van der Waals surface area contributed by atoms with Gasteiger partial charge in [-0.05, 0) is 37.6 Å². The van der Waals surface area contributed by atoms with Crippen molar-refractivity contribution in [2.75, 3.05) is 11.9 Å². The van der Waals surface area contributed by atoms with Crippen molar-refractivity contribution in [2.24, 2.45) is 5.92 Å². The molecule has 2 aromatic carbocycles. The van der Waals surface area contributed by atoms with Crippen molar-refractivity contribution in [3.63, 3.8) is 0 Å². The van der Waals surface area contributed by atoms with Crippen LogP contribution in [0.1, 0.15) is 25.8 Å². The first kappa shape index (κ1) is 19.8. The second kappa shape index (κ2) is 7.76. The first-order valence-corrected chi connectivity index (χ1v) is 9.87. The van der Waals surface area contributed by atoms with E-state index in [1.165, 1.54) is 0 Å². The third kappa shape index (κ3) is 4.11. The lowest BCUT2D eigenvalue weighted by molar-refractivity contribution is -0.123. The van der Waals surface area contributed by atoms with Crippen molar-refractivity contribution in [1.82, 2.24) is 15.1 Å². The smallest absolute Gasteiger partial charge is 0.230 e. The Morgan fingerprint density at radius 3 is 2.60 bits per heavy atom. The van der Waals surface area contributed by atoms with E-state index in [1.54, 1.807) is 24.6 Å². The number of nitrogens with zero attached hydrogens (tertiary/aromatic N) is 2. The predicted molar refractivity (Wildman–Crippen MR) is 114 cm³/mol. The number of carbonyl (C=O) groups excluding carboxylic acids is 2. The SMILES string of the molecule is CC(C)(O)c1cccc(-c2cc(NC(=O)[C@@H]3CNC(=O)C3)nn2-c2ccccc2)c1. The number of amides is 2. The number of hydrogen-bond donors (Lipinski definition) is 3. The van der Waals surface area contributed by atoms with Crippen LogP contribution in [0, 0.1) is 5.92 Å². The Kier molecular flexibility index (Phi) is 5.13. The van der Waals surface area contributed by atoms with Crippen molar-refractivity contribution in [3.8, 4) is 16.9 Å². The van der Waals surface area contributed by atoms with Gasteiger partial charge in [-0.25, -0.2) is 4.68 Å². The molecule has 0 saturated carbocycles. The second-order valence-corrected chi connectivity index (χ2v) is 8.00. The van der Waals surface area contributed by atoms with Crippen LogP contribution >= 0.6 is 0 Å². The van der Waals surface area contributed by atoms with E-state index >= 15 is 0 Å². The number of nitrogens with one attached hydrogen (secondary N) is 2. The van der Waals surface area contributed by atoms with Crippen LogP contribution in [0.2, 0.25) is 0 Å². The van der Waals surface area contributed by atoms with Gasteiger partial charge in [0.1, 0.15) is 0 Å². The van der Waals surface area contributed by atoms with E-state index in [0.29, 0.717) is 12.4 Å². The molecule has 1 atom stereocenters. The average molecular weight is 404 g/mol. The Bertz CT molecular complexity index is 1080. The van der Waals surface area contributed by atoms with Crippen LogP contribution < -0.4 is 10.6 Å². The summed E-state index contributed by atoms with van der Waals surface area (Å²) in [4.78, 5) is 24.0. The molecule has 7 nitrogen and oxygen atoms in total. The summed E-state index contributed by atoms with van der Waals surface area (Å²) in [5, 5.41) is 20.5. The Balaban J connectivity index is 1.72. The van der Waals surface area contributed by atoms with Crippen LogP contribution in [0.4, 0.5) is 5.82 Å². The Hall–Kier alpha value is -3.45. The fraction of sp³-hybridized carbons (Fsp3) is 0.261. The lowest BCUT2D eigenvalue weighted by Gasteiger charge is -2.18. The molecule has 1 fully saturated rings. The summed E-state index contributed by atoms with van der Waals surface area (Å²) < 4.78 is 1.76. The third-order valence-electron chi connectivity index (χ3n) is 5.17. The molecule has 1 saturated heterocycles. The third-order valence-corrected chi connectivity index (χ3v) is 5.17. The molecule has 3 aromatic rings. The predicted octanol–water partition coefficient (Wildman–Crippen LogP) is 2.84. The highest BCUT2D eigenvalue weighted by Crippen LogP contribution is 2.30. The number of para-hydroxylation sites is 1. The van der Waals surface area contributed by atoms with Crippen LogP contribution in [-0.2, 0) is 15.2 Å². The van der Waals surface area contributed by atoms with Gasteiger partial charge >= 0.3 is 0 Å². The second-order valence-electron chi connectivity index (χ2n) is 8.00. The van der Waals surface area contributed by atoms with Crippen LogP contribution in [-0.4, -0.2) is 33.2 Å². The monoisotopic (exact) mass is 404 g/mol. The van der Waals surface area contributed by atoms with E-state index < -0.39 is 11.5 Å². The molecule has 0 unspecified atom stereocenters. The quantitative estimate of drug-likeness (QED) is 0.609. The minimum Gasteiger partial charge on any atom is -0.386 e. The van der Waals surface area contributed by atoms with E-state index in [4.69, 9.17) is 0 Å². The van der Waals surface area contributed by atoms with Crippen molar-refractivity contribution in [3.05, 3.63) is 66.2 Å². The van der Waals surface area contributed by atoms with Gasteiger partial charge < -0.3 is 15.7 Å². The van der Waals surface area contributed by atoms with Crippen LogP contribution in [0.5, 0.6) is 0 Å². The van der Waals surface area contributed by atoms with E-state index in [-0.39, 0.29) is 18.2 Å². The first-order chi connectivity index (χ1) is 14.3. The van der Waals surface area contributed by atoms with E-state index in [2.05, 4.69) is 15.7 Å². The average Bonchev–Trinajstić information content (AvgIpc) is 3.35. The normalized spacial score (nSPS) is 16.4. The highest BCUT2D eigenvalue weighted by atomic mass is 16.3. The number of rotatable bonds is 5. The van der Waals surface area contributed by atoms with Gasteiger partial charge in [-0.3, -0.25) is 9.59 Å². The standard InChI is InChI=1S/C23H24N4O3/c1-23(2,30)17-8-6-7-15(11-17)19-13-20(25-22(29)16-12-21(28)24-14-16)26-27(19)18-9-4-3-5-10-18/h3-11,13,16,30H,12,14H2,1-2H3,(H,24,28)(H,25,26,29)/t16-/m0/s1. The maximum atomic E-state index is 12.6. The maximum Gasteiger partial charge on any atom is 0.230 e. The highest BCUT2D eigenvalue weighted by molar-refractivity contribution is 5.97. The molecule has 30 heavy (non-hydrogen) atoms. The molecule has 2 heterocycles. The van der Waals surface area contributed by atoms with Gasteiger partial charge in [0.25, 0.3) is 0 Å². The van der Waals surface area contributed by atoms with Gasteiger partial charge in [-0.2, -0.15) is 0 Å². The molecule has 0 aliphatic carbocycles. The summed E-state index contributed by atoms with van der Waals surface area (Å²) in [6, 6.07) is 19.1. The van der Waals surface area contributed by atoms with Gasteiger partial charge in [0.05, 0.1) is 22.9 Å². The number of aliphatic hydroxyl groups is 1. The number of carbonyl (C=O) groups is 2. The van der Waals surface area contributed by atoms with Gasteiger partial charge in [-0.1, -0.05) is 36.4 Å². The zero-order valence-corrected chi connectivity index (χ0v) is 16.9. The molecule has 0 spiro atoms. The maximum absolute atomic E-state index is 12.6. The van der Waals surface area contributed by atoms with Gasteiger partial charge in [0.2, 0.25) is 11.8 Å². The molecular formula is C23H24N4O3. The summed E-state index contributed by atoms with van der Waals surface area (Å²) in [7, 11) is 0. The minimum atomic E-state index is -0.979. The summed E-state index contributed by atoms with van der Waals surface area (Å²) in [6.07, 6.45) is 0.186. The highest BCUT2D eigenvalue weighted by Gasteiger charge is 2.28. The molecule has 1 aliphatic rings. The summed E-state index contributed by atoms with van der Waals surface area (Å²) in [5.41, 5.74) is 2.29. The van der Waals surface area contributed by atoms with Gasteiger partial charge in [0.15, 0.2) is 5.82 Å². The van der Waals surface area contributed by atoms with Crippen molar-refractivity contribution in [1.29, 1.82) is 0 Å². The zero-order valence-electron chi connectivity index (χ0n) is 16.9. The molecule has 7 heteroatoms.